The van der Waals surface area contributed by atoms with Gasteiger partial charge >= 0.3 is 0 Å². The van der Waals surface area contributed by atoms with Gasteiger partial charge in [0, 0.05) is 48.1 Å². The molecule has 14 heteroatoms. The minimum atomic E-state index is 0.133. The first-order valence-corrected chi connectivity index (χ1v) is 23.8. The zero-order valence-corrected chi connectivity index (χ0v) is 38.1. The molecule has 2 aromatic carbocycles. The van der Waals surface area contributed by atoms with Crippen LogP contribution in [0.5, 0.6) is 17.2 Å². The molecule has 4 aliphatic rings. The van der Waals surface area contributed by atoms with Gasteiger partial charge in [-0.1, -0.05) is 58.9 Å². The zero-order valence-electron chi connectivity index (χ0n) is 37.2. The van der Waals surface area contributed by atoms with Gasteiger partial charge in [0.15, 0.2) is 23.3 Å². The van der Waals surface area contributed by atoms with Gasteiger partial charge in [0.1, 0.15) is 12.4 Å². The lowest BCUT2D eigenvalue weighted by Crippen LogP contribution is -2.38. The minimum Gasteiger partial charge on any atom is -0.493 e. The lowest BCUT2D eigenvalue weighted by Gasteiger charge is -2.15. The van der Waals surface area contributed by atoms with Crippen LogP contribution in [0.25, 0.3) is 11.3 Å². The van der Waals surface area contributed by atoms with E-state index < -0.39 is 0 Å². The number of aliphatic imine (C=N–C) groups is 1. The van der Waals surface area contributed by atoms with Crippen LogP contribution in [0.4, 0.5) is 5.82 Å². The largest absolute Gasteiger partial charge is 0.493 e. The normalized spacial score (nSPS) is 19.7. The molecule has 0 radical (unpaired) electrons. The van der Waals surface area contributed by atoms with Gasteiger partial charge in [-0.3, -0.25) is 9.89 Å². The van der Waals surface area contributed by atoms with Crippen LogP contribution < -0.4 is 35.9 Å². The third-order valence-corrected chi connectivity index (χ3v) is 13.8. The third-order valence-electron chi connectivity index (χ3n) is 12.3. The summed E-state index contributed by atoms with van der Waals surface area (Å²) >= 11 is 1.97. The Hall–Kier alpha value is -4.14. The van der Waals surface area contributed by atoms with Gasteiger partial charge < -0.3 is 45.4 Å². The van der Waals surface area contributed by atoms with Crippen molar-refractivity contribution in [2.45, 2.75) is 128 Å². The monoisotopic (exact) mass is 862 g/mol. The first kappa shape index (κ1) is 46.4. The van der Waals surface area contributed by atoms with Gasteiger partial charge in [0.2, 0.25) is 5.91 Å². The topological polar surface area (TPSA) is 166 Å². The number of rotatable bonds is 25. The number of amides is 1. The van der Waals surface area contributed by atoms with Gasteiger partial charge in [-0.15, -0.1) is 0 Å². The first-order valence-electron chi connectivity index (χ1n) is 22.8. The van der Waals surface area contributed by atoms with Gasteiger partial charge in [0.25, 0.3) is 0 Å². The van der Waals surface area contributed by atoms with Crippen LogP contribution in [0.3, 0.4) is 0 Å². The van der Waals surface area contributed by atoms with E-state index in [0.717, 1.165) is 91.6 Å². The number of hydrogen-bond donors (Lipinski definition) is 5. The minimum absolute atomic E-state index is 0.133. The summed E-state index contributed by atoms with van der Waals surface area (Å²) in [5, 5.41) is 18.4. The SMILES string of the molecule is CCCCC(C)CC.COc1cc2c(cc1OC)-c1[nH]nc(NC3CCc4cc(OCCOCCOCCCCNC(=O)CCCCC5SCC6NC(N)=NC65)ccc43)c1C2. The molecule has 336 valence electrons. The molecule has 13 nitrogen and oxygen atoms in total. The Morgan fingerprint density at radius 1 is 0.967 bits per heavy atom. The van der Waals surface area contributed by atoms with Gasteiger partial charge in [-0.25, -0.2) is 4.99 Å². The number of thioether (sulfide) groups is 1. The molecule has 3 aromatic rings. The summed E-state index contributed by atoms with van der Waals surface area (Å²) in [7, 11) is 3.32. The van der Waals surface area contributed by atoms with E-state index in [1.54, 1.807) is 14.2 Å². The summed E-state index contributed by atoms with van der Waals surface area (Å²) in [5.41, 5.74) is 12.9. The number of aryl methyl sites for hydroxylation is 1. The molecule has 2 aliphatic heterocycles. The molecule has 1 aromatic heterocycles. The molecule has 61 heavy (non-hydrogen) atoms. The van der Waals surface area contributed by atoms with Crippen LogP contribution in [0.1, 0.15) is 120 Å². The molecule has 3 heterocycles. The molecule has 0 spiro atoms. The zero-order chi connectivity index (χ0) is 43.0. The predicted molar refractivity (Wildman–Crippen MR) is 246 cm³/mol. The fourth-order valence-electron chi connectivity index (χ4n) is 8.57. The number of nitrogens with two attached hydrogens (primary N) is 1. The molecule has 0 bridgehead atoms. The van der Waals surface area contributed by atoms with E-state index >= 15 is 0 Å². The molecule has 1 fully saturated rings. The molecular formula is C47H71N7O6S. The summed E-state index contributed by atoms with van der Waals surface area (Å²) in [5.74, 6) is 5.94. The second-order valence-corrected chi connectivity index (χ2v) is 18.0. The number of fused-ring (bicyclic) bond motifs is 5. The van der Waals surface area contributed by atoms with Gasteiger partial charge in [0.05, 0.1) is 57.9 Å². The van der Waals surface area contributed by atoms with Gasteiger partial charge in [-0.05, 0) is 85.4 Å². The van der Waals surface area contributed by atoms with Gasteiger partial charge in [-0.2, -0.15) is 16.9 Å². The van der Waals surface area contributed by atoms with E-state index in [-0.39, 0.29) is 11.9 Å². The van der Waals surface area contributed by atoms with E-state index in [9.17, 15) is 4.79 Å². The Kier molecular flexibility index (Phi) is 18.2. The van der Waals surface area contributed by atoms with Crippen LogP contribution in [0, 0.1) is 5.92 Å². The lowest BCUT2D eigenvalue weighted by atomic mass is 10.0. The van der Waals surface area contributed by atoms with E-state index in [1.165, 1.54) is 47.9 Å². The average Bonchev–Trinajstić information content (AvgIpc) is 4.10. The van der Waals surface area contributed by atoms with E-state index in [1.807, 2.05) is 23.9 Å². The number of carbonyl (C=O) groups is 1. The number of nitrogens with zero attached hydrogens (tertiary/aromatic N) is 2. The van der Waals surface area contributed by atoms with Crippen LogP contribution in [-0.4, -0.2) is 98.9 Å². The second kappa shape index (κ2) is 23.9. The number of ether oxygens (including phenoxy) is 5. The van der Waals surface area contributed by atoms with Crippen molar-refractivity contribution in [1.82, 2.24) is 20.8 Å². The van der Waals surface area contributed by atoms with Crippen LogP contribution in [0.2, 0.25) is 0 Å². The second-order valence-electron chi connectivity index (χ2n) is 16.7. The number of benzene rings is 2. The predicted octanol–water partition coefficient (Wildman–Crippen LogP) is 7.96. The van der Waals surface area contributed by atoms with Crippen molar-refractivity contribution in [2.75, 3.05) is 64.9 Å². The maximum atomic E-state index is 12.2. The van der Waals surface area contributed by atoms with E-state index in [4.69, 9.17) is 29.4 Å². The number of unbranched alkanes of at least 4 members (excludes halogenated alkanes) is 3. The molecule has 2 aliphatic carbocycles. The number of nitrogens with one attached hydrogen (secondary N) is 4. The fraction of sp³-hybridized carbons (Fsp3) is 0.638. The number of aromatic nitrogens is 2. The maximum absolute atomic E-state index is 12.2. The molecule has 6 N–H and O–H groups in total. The Morgan fingerprint density at radius 2 is 1.77 bits per heavy atom. The number of aromatic amines is 1. The van der Waals surface area contributed by atoms with Crippen molar-refractivity contribution in [3.8, 4) is 28.5 Å². The number of guanidine groups is 1. The van der Waals surface area contributed by atoms with Crippen LogP contribution in [-0.2, 0) is 27.1 Å². The molecule has 5 unspecified atom stereocenters. The number of methoxy groups -OCH3 is 2. The summed E-state index contributed by atoms with van der Waals surface area (Å²) in [6.07, 6.45) is 13.7. The fourth-order valence-corrected chi connectivity index (χ4v) is 10.1. The molecule has 1 amide bonds. The van der Waals surface area contributed by atoms with Crippen molar-refractivity contribution in [2.24, 2.45) is 16.6 Å². The standard InChI is InChI=1S/C39H53N7O6S.C8H18/c1-48-32-21-25-20-29-36(28(25)22-33(32)49-2)45-46-38(29)42-30-12-9-24-19-26(10-11-27(24)30)52-18-17-51-16-15-50-14-6-5-13-41-35(47)8-4-3-7-34-37-31(23-53-34)43-39(40)44-37;1-4-6-7-8(3)5-2/h10-11,19,21-22,30-31,34,37H,3-9,12-18,20,23H2,1-2H3,(H,41,47)(H3,40,43,44)(H2,42,45,46);8H,4-7H2,1-3H3. The van der Waals surface area contributed by atoms with Crippen molar-refractivity contribution in [3.05, 3.63) is 52.6 Å². The Morgan fingerprint density at radius 3 is 2.57 bits per heavy atom. The quantitative estimate of drug-likeness (QED) is 0.0411. The third kappa shape index (κ3) is 13.0. The lowest BCUT2D eigenvalue weighted by molar-refractivity contribution is -0.121. The molecular weight excluding hydrogens is 791 g/mol. The molecule has 5 atom stereocenters. The molecule has 1 saturated heterocycles. The summed E-state index contributed by atoms with van der Waals surface area (Å²) in [6, 6.07) is 11.3. The Bertz CT molecular complexity index is 1870. The number of carbonyl (C=O) groups excluding carboxylic acids is 1. The average molecular weight is 862 g/mol. The van der Waals surface area contributed by atoms with Crippen LogP contribution in [0.15, 0.2) is 35.3 Å². The first-order chi connectivity index (χ1) is 29.8. The summed E-state index contributed by atoms with van der Waals surface area (Å²) in [6.45, 7) is 10.2. The van der Waals surface area contributed by atoms with Crippen LogP contribution >= 0.6 is 11.8 Å². The highest BCUT2D eigenvalue weighted by Crippen LogP contribution is 2.45. The highest BCUT2D eigenvalue weighted by atomic mass is 32.2. The number of hydrogen-bond acceptors (Lipinski definition) is 12. The summed E-state index contributed by atoms with van der Waals surface area (Å²) in [4.78, 5) is 16.7. The smallest absolute Gasteiger partial charge is 0.219 e. The Balaban J connectivity index is 0.000000708. The van der Waals surface area contributed by atoms with Crippen molar-refractivity contribution in [1.29, 1.82) is 0 Å². The van der Waals surface area contributed by atoms with E-state index in [2.05, 4.69) is 70.1 Å². The molecule has 0 saturated carbocycles. The maximum Gasteiger partial charge on any atom is 0.219 e. The molecule has 7 rings (SSSR count). The van der Waals surface area contributed by atoms with Crippen molar-refractivity contribution < 1.29 is 28.5 Å². The number of anilines is 1. The summed E-state index contributed by atoms with van der Waals surface area (Å²) < 4.78 is 28.5. The van der Waals surface area contributed by atoms with Crippen molar-refractivity contribution >= 4 is 29.4 Å². The highest BCUT2D eigenvalue weighted by molar-refractivity contribution is 8.00. The Labute approximate surface area is 367 Å². The highest BCUT2D eigenvalue weighted by Gasteiger charge is 2.40. The number of H-pyrrole nitrogens is 1. The van der Waals surface area contributed by atoms with Crippen molar-refractivity contribution in [3.63, 3.8) is 0 Å². The van der Waals surface area contributed by atoms with E-state index in [0.29, 0.717) is 75.0 Å².